The van der Waals surface area contributed by atoms with Crippen molar-refractivity contribution in [2.75, 3.05) is 6.61 Å². The minimum atomic E-state index is 0.574. The monoisotopic (exact) mass is 200 g/mol. The summed E-state index contributed by atoms with van der Waals surface area (Å²) < 4.78 is 5.61. The van der Waals surface area contributed by atoms with E-state index >= 15 is 0 Å². The summed E-state index contributed by atoms with van der Waals surface area (Å²) in [6.45, 7) is 11.7. The van der Waals surface area contributed by atoms with Gasteiger partial charge in [0.15, 0.2) is 0 Å². The molecular formula is C13H28O. The maximum Gasteiger partial charge on any atom is 0.0575 e. The predicted molar refractivity (Wildman–Crippen MR) is 63.6 cm³/mol. The minimum Gasteiger partial charge on any atom is -0.379 e. The van der Waals surface area contributed by atoms with E-state index in [1.165, 1.54) is 25.7 Å². The van der Waals surface area contributed by atoms with Gasteiger partial charge in [-0.25, -0.2) is 0 Å². The SMILES string of the molecule is CC.CCOC1CCC(C(C)C)CC1. The maximum absolute atomic E-state index is 5.61. The fourth-order valence-electron chi connectivity index (χ4n) is 2.16. The molecule has 0 N–H and O–H groups in total. The molecule has 0 unspecified atom stereocenters. The topological polar surface area (TPSA) is 9.23 Å². The summed E-state index contributed by atoms with van der Waals surface area (Å²) in [4.78, 5) is 0. The Morgan fingerprint density at radius 2 is 1.57 bits per heavy atom. The van der Waals surface area contributed by atoms with Gasteiger partial charge in [-0.1, -0.05) is 27.7 Å². The molecule has 1 saturated carbocycles. The molecule has 0 aromatic rings. The quantitative estimate of drug-likeness (QED) is 0.661. The van der Waals surface area contributed by atoms with Crippen molar-refractivity contribution >= 4 is 0 Å². The van der Waals surface area contributed by atoms with E-state index in [1.54, 1.807) is 0 Å². The summed E-state index contributed by atoms with van der Waals surface area (Å²) in [6, 6.07) is 0. The summed E-state index contributed by atoms with van der Waals surface area (Å²) in [5.74, 6) is 1.83. The Morgan fingerprint density at radius 3 is 1.93 bits per heavy atom. The molecule has 1 fully saturated rings. The molecule has 86 valence electrons. The zero-order valence-electron chi connectivity index (χ0n) is 10.7. The summed E-state index contributed by atoms with van der Waals surface area (Å²) in [7, 11) is 0. The molecule has 0 aromatic heterocycles. The Kier molecular flexibility index (Phi) is 8.26. The highest BCUT2D eigenvalue weighted by Gasteiger charge is 2.22. The molecule has 1 nitrogen and oxygen atoms in total. The van der Waals surface area contributed by atoms with Gasteiger partial charge in [-0.05, 0) is 44.4 Å². The second kappa shape index (κ2) is 8.28. The molecule has 0 spiro atoms. The lowest BCUT2D eigenvalue weighted by atomic mass is 9.80. The Hall–Kier alpha value is -0.0400. The number of hydrogen-bond acceptors (Lipinski definition) is 1. The van der Waals surface area contributed by atoms with Gasteiger partial charge in [0.25, 0.3) is 0 Å². The van der Waals surface area contributed by atoms with Crippen molar-refractivity contribution in [1.82, 2.24) is 0 Å². The van der Waals surface area contributed by atoms with Gasteiger partial charge in [0, 0.05) is 6.61 Å². The van der Waals surface area contributed by atoms with Gasteiger partial charge in [-0.3, -0.25) is 0 Å². The molecule has 14 heavy (non-hydrogen) atoms. The number of ether oxygens (including phenoxy) is 1. The molecule has 0 heterocycles. The molecule has 0 atom stereocenters. The first-order chi connectivity index (χ1) is 6.74. The zero-order chi connectivity index (χ0) is 11.0. The molecule has 0 radical (unpaired) electrons. The average molecular weight is 200 g/mol. The van der Waals surface area contributed by atoms with Crippen LogP contribution in [0.4, 0.5) is 0 Å². The molecule has 0 amide bonds. The van der Waals surface area contributed by atoms with E-state index in [1.807, 2.05) is 13.8 Å². The van der Waals surface area contributed by atoms with Crippen LogP contribution in [0.3, 0.4) is 0 Å². The van der Waals surface area contributed by atoms with Crippen molar-refractivity contribution < 1.29 is 4.74 Å². The lowest BCUT2D eigenvalue weighted by molar-refractivity contribution is 0.0203. The van der Waals surface area contributed by atoms with Crippen LogP contribution in [0.1, 0.15) is 60.3 Å². The van der Waals surface area contributed by atoms with Crippen molar-refractivity contribution in [2.24, 2.45) is 11.8 Å². The molecule has 1 aliphatic carbocycles. The van der Waals surface area contributed by atoms with Crippen LogP contribution in [-0.2, 0) is 4.74 Å². The Balaban J connectivity index is 0.000000791. The highest BCUT2D eigenvalue weighted by molar-refractivity contribution is 4.74. The zero-order valence-corrected chi connectivity index (χ0v) is 10.7. The molecule has 1 heteroatoms. The lowest BCUT2D eigenvalue weighted by Gasteiger charge is -2.30. The van der Waals surface area contributed by atoms with E-state index in [2.05, 4.69) is 20.8 Å². The Morgan fingerprint density at radius 1 is 1.07 bits per heavy atom. The van der Waals surface area contributed by atoms with Gasteiger partial charge in [0.1, 0.15) is 0 Å². The molecule has 0 aliphatic heterocycles. The van der Waals surface area contributed by atoms with Crippen molar-refractivity contribution in [3.05, 3.63) is 0 Å². The predicted octanol–water partition coefficient (Wildman–Crippen LogP) is 4.26. The largest absolute Gasteiger partial charge is 0.379 e. The first-order valence-electron chi connectivity index (χ1n) is 6.35. The summed E-state index contributed by atoms with van der Waals surface area (Å²) >= 11 is 0. The van der Waals surface area contributed by atoms with Crippen LogP contribution >= 0.6 is 0 Å². The van der Waals surface area contributed by atoms with Gasteiger partial charge >= 0.3 is 0 Å². The van der Waals surface area contributed by atoms with Crippen LogP contribution < -0.4 is 0 Å². The van der Waals surface area contributed by atoms with Crippen molar-refractivity contribution in [3.8, 4) is 0 Å². The molecule has 1 aliphatic rings. The number of hydrogen-bond donors (Lipinski definition) is 0. The van der Waals surface area contributed by atoms with E-state index in [9.17, 15) is 0 Å². The Labute approximate surface area is 90.2 Å². The van der Waals surface area contributed by atoms with E-state index in [4.69, 9.17) is 4.74 Å². The van der Waals surface area contributed by atoms with Gasteiger partial charge in [0.05, 0.1) is 6.10 Å². The van der Waals surface area contributed by atoms with Crippen LogP contribution in [0.2, 0.25) is 0 Å². The normalized spacial score (nSPS) is 27.0. The molecule has 1 rings (SSSR count). The first-order valence-corrected chi connectivity index (χ1v) is 6.35. The van der Waals surface area contributed by atoms with E-state index in [-0.39, 0.29) is 0 Å². The van der Waals surface area contributed by atoms with Gasteiger partial charge in [-0.15, -0.1) is 0 Å². The van der Waals surface area contributed by atoms with Crippen molar-refractivity contribution in [2.45, 2.75) is 66.4 Å². The third-order valence-corrected chi connectivity index (χ3v) is 3.06. The van der Waals surface area contributed by atoms with Crippen LogP contribution in [0.25, 0.3) is 0 Å². The van der Waals surface area contributed by atoms with Crippen LogP contribution in [0, 0.1) is 11.8 Å². The van der Waals surface area contributed by atoms with Crippen LogP contribution in [0.15, 0.2) is 0 Å². The van der Waals surface area contributed by atoms with Crippen LogP contribution in [-0.4, -0.2) is 12.7 Å². The summed E-state index contributed by atoms with van der Waals surface area (Å²) in [5.41, 5.74) is 0. The smallest absolute Gasteiger partial charge is 0.0575 e. The summed E-state index contributed by atoms with van der Waals surface area (Å²) in [6.07, 6.45) is 5.91. The molecule has 0 bridgehead atoms. The highest BCUT2D eigenvalue weighted by atomic mass is 16.5. The molecular weight excluding hydrogens is 172 g/mol. The van der Waals surface area contributed by atoms with Gasteiger partial charge in [0.2, 0.25) is 0 Å². The van der Waals surface area contributed by atoms with Crippen molar-refractivity contribution in [3.63, 3.8) is 0 Å². The first kappa shape index (κ1) is 14.0. The Bertz CT molecular complexity index is 112. The lowest BCUT2D eigenvalue weighted by Crippen LogP contribution is -2.24. The average Bonchev–Trinajstić information content (AvgIpc) is 2.22. The minimum absolute atomic E-state index is 0.574. The second-order valence-corrected chi connectivity index (χ2v) is 4.24. The molecule has 0 saturated heterocycles. The second-order valence-electron chi connectivity index (χ2n) is 4.24. The van der Waals surface area contributed by atoms with E-state index in [0.717, 1.165) is 18.4 Å². The summed E-state index contributed by atoms with van der Waals surface area (Å²) in [5, 5.41) is 0. The van der Waals surface area contributed by atoms with Crippen molar-refractivity contribution in [1.29, 1.82) is 0 Å². The van der Waals surface area contributed by atoms with Gasteiger partial charge < -0.3 is 4.74 Å². The van der Waals surface area contributed by atoms with Crippen LogP contribution in [0.5, 0.6) is 0 Å². The molecule has 0 aromatic carbocycles. The third-order valence-electron chi connectivity index (χ3n) is 3.06. The van der Waals surface area contributed by atoms with E-state index < -0.39 is 0 Å². The third kappa shape index (κ3) is 4.99. The highest BCUT2D eigenvalue weighted by Crippen LogP contribution is 2.30. The fraction of sp³-hybridized carbons (Fsp3) is 1.00. The standard InChI is InChI=1S/C11H22O.C2H6/c1-4-12-11-7-5-10(6-8-11)9(2)3;1-2/h9-11H,4-8H2,1-3H3;1-2H3. The van der Waals surface area contributed by atoms with Gasteiger partial charge in [-0.2, -0.15) is 0 Å². The maximum atomic E-state index is 5.61. The number of rotatable bonds is 3. The fourth-order valence-corrected chi connectivity index (χ4v) is 2.16. The van der Waals surface area contributed by atoms with E-state index in [0.29, 0.717) is 6.10 Å².